The van der Waals surface area contributed by atoms with Gasteiger partial charge in [0.05, 0.1) is 12.0 Å². The van der Waals surface area contributed by atoms with E-state index in [4.69, 9.17) is 11.6 Å². The number of nitro groups is 1. The van der Waals surface area contributed by atoms with Crippen molar-refractivity contribution in [2.24, 2.45) is 0 Å². The van der Waals surface area contributed by atoms with E-state index in [2.05, 4.69) is 9.72 Å². The van der Waals surface area contributed by atoms with Crippen molar-refractivity contribution in [2.75, 3.05) is 13.7 Å². The third-order valence-corrected chi connectivity index (χ3v) is 2.98. The maximum absolute atomic E-state index is 12.4. The molecule has 0 aromatic carbocycles. The van der Waals surface area contributed by atoms with Gasteiger partial charge >= 0.3 is 11.7 Å². The van der Waals surface area contributed by atoms with Crippen molar-refractivity contribution in [1.29, 1.82) is 0 Å². The zero-order valence-electron chi connectivity index (χ0n) is 11.7. The van der Waals surface area contributed by atoms with Crippen molar-refractivity contribution >= 4 is 29.2 Å². The summed E-state index contributed by atoms with van der Waals surface area (Å²) in [6.07, 6.45) is 1.19. The molecule has 1 aromatic rings. The molecule has 0 spiro atoms. The van der Waals surface area contributed by atoms with Crippen molar-refractivity contribution in [3.63, 3.8) is 0 Å². The summed E-state index contributed by atoms with van der Waals surface area (Å²) in [5, 5.41) is 10.7. The third kappa shape index (κ3) is 3.88. The van der Waals surface area contributed by atoms with Crippen LogP contribution in [-0.2, 0) is 9.53 Å². The highest BCUT2D eigenvalue weighted by Crippen LogP contribution is 2.27. The molecule has 0 bridgehead atoms. The fourth-order valence-corrected chi connectivity index (χ4v) is 1.85. The second-order valence-electron chi connectivity index (χ2n) is 4.36. The Labute approximate surface area is 125 Å². The van der Waals surface area contributed by atoms with Gasteiger partial charge in [-0.25, -0.2) is 4.98 Å². The first kappa shape index (κ1) is 16.8. The normalized spacial score (nSPS) is 10.3. The van der Waals surface area contributed by atoms with Crippen molar-refractivity contribution in [3.05, 3.63) is 33.1 Å². The van der Waals surface area contributed by atoms with E-state index >= 15 is 0 Å². The van der Waals surface area contributed by atoms with Gasteiger partial charge in [0.15, 0.2) is 0 Å². The fourth-order valence-electron chi connectivity index (χ4n) is 1.62. The molecule has 0 fully saturated rings. The Morgan fingerprint density at radius 2 is 2.14 bits per heavy atom. The molecule has 114 valence electrons. The molecule has 0 radical (unpaired) electrons. The molecule has 0 unspecified atom stereocenters. The number of amides is 1. The minimum atomic E-state index is -0.779. The highest BCUT2D eigenvalue weighted by Gasteiger charge is 2.30. The molecule has 0 N–H and O–H groups in total. The predicted octanol–water partition coefficient (Wildman–Crippen LogP) is 1.67. The molecule has 0 saturated carbocycles. The Balaban J connectivity index is 3.24. The molecule has 0 saturated heterocycles. The summed E-state index contributed by atoms with van der Waals surface area (Å²) in [7, 11) is 1.19. The zero-order valence-corrected chi connectivity index (χ0v) is 12.5. The van der Waals surface area contributed by atoms with Crippen molar-refractivity contribution in [2.45, 2.75) is 19.9 Å². The molecule has 0 atom stereocenters. The highest BCUT2D eigenvalue weighted by atomic mass is 35.5. The first-order valence-corrected chi connectivity index (χ1v) is 6.34. The van der Waals surface area contributed by atoms with Crippen molar-refractivity contribution in [3.8, 4) is 0 Å². The van der Waals surface area contributed by atoms with Crippen molar-refractivity contribution < 1.29 is 19.2 Å². The van der Waals surface area contributed by atoms with Crippen LogP contribution in [0, 0.1) is 10.1 Å². The number of carbonyl (C=O) groups is 2. The van der Waals surface area contributed by atoms with Crippen molar-refractivity contribution in [1.82, 2.24) is 9.88 Å². The molecule has 0 aliphatic carbocycles. The van der Waals surface area contributed by atoms with E-state index in [1.165, 1.54) is 19.4 Å². The minimum Gasteiger partial charge on any atom is -0.468 e. The highest BCUT2D eigenvalue weighted by molar-refractivity contribution is 6.32. The lowest BCUT2D eigenvalue weighted by Gasteiger charge is -2.25. The number of carbonyl (C=O) groups excluding carboxylic acids is 2. The summed E-state index contributed by atoms with van der Waals surface area (Å²) in [5.41, 5.74) is -0.808. The Morgan fingerprint density at radius 1 is 1.52 bits per heavy atom. The number of hydrogen-bond donors (Lipinski definition) is 0. The maximum atomic E-state index is 12.4. The summed E-state index contributed by atoms with van der Waals surface area (Å²) < 4.78 is 4.51. The standard InChI is InChI=1S/C12H14ClN3O5/c1-7(2)15(6-9(17)21-3)12(18)8-4-5-14-11(13)10(8)16(19)20/h4-5,7H,6H2,1-3H3. The summed E-state index contributed by atoms with van der Waals surface area (Å²) in [4.78, 5) is 38.8. The predicted molar refractivity (Wildman–Crippen MR) is 74.1 cm³/mol. The second kappa shape index (κ2) is 6.98. The van der Waals surface area contributed by atoms with E-state index in [0.29, 0.717) is 0 Å². The van der Waals surface area contributed by atoms with Gasteiger partial charge in [-0.05, 0) is 19.9 Å². The van der Waals surface area contributed by atoms with Gasteiger partial charge in [0, 0.05) is 12.2 Å². The van der Waals surface area contributed by atoms with Gasteiger partial charge in [-0.1, -0.05) is 11.6 Å². The average Bonchev–Trinajstić information content (AvgIpc) is 2.42. The Kier molecular flexibility index (Phi) is 5.60. The lowest BCUT2D eigenvalue weighted by molar-refractivity contribution is -0.385. The minimum absolute atomic E-state index is 0.224. The maximum Gasteiger partial charge on any atom is 0.325 e. The topological polar surface area (TPSA) is 103 Å². The smallest absolute Gasteiger partial charge is 0.325 e. The van der Waals surface area contributed by atoms with Crippen LogP contribution in [0.3, 0.4) is 0 Å². The number of esters is 1. The third-order valence-electron chi connectivity index (χ3n) is 2.70. The van der Waals surface area contributed by atoms with Gasteiger partial charge in [0.2, 0.25) is 5.15 Å². The largest absolute Gasteiger partial charge is 0.468 e. The Morgan fingerprint density at radius 3 is 2.62 bits per heavy atom. The van der Waals surface area contributed by atoms with Crippen LogP contribution in [0.25, 0.3) is 0 Å². The van der Waals surface area contributed by atoms with E-state index in [9.17, 15) is 19.7 Å². The van der Waals surface area contributed by atoms with Crippen LogP contribution in [0.15, 0.2) is 12.3 Å². The van der Waals surface area contributed by atoms with Gasteiger partial charge in [-0.2, -0.15) is 0 Å². The van der Waals surface area contributed by atoms with Crippen LogP contribution < -0.4 is 0 Å². The molecule has 1 amide bonds. The Bertz CT molecular complexity index is 576. The summed E-state index contributed by atoms with van der Waals surface area (Å²) >= 11 is 5.67. The monoisotopic (exact) mass is 315 g/mol. The van der Waals surface area contributed by atoms with Crippen LogP contribution in [0.5, 0.6) is 0 Å². The molecular formula is C12H14ClN3O5. The molecule has 1 rings (SSSR count). The Hall–Kier alpha value is -2.22. The SMILES string of the molecule is COC(=O)CN(C(=O)c1ccnc(Cl)c1[N+](=O)[O-])C(C)C. The van der Waals surface area contributed by atoms with Gasteiger partial charge < -0.3 is 9.64 Å². The van der Waals surface area contributed by atoms with Crippen LogP contribution in [0.2, 0.25) is 5.15 Å². The first-order chi connectivity index (χ1) is 9.79. The van der Waals surface area contributed by atoms with E-state index in [0.717, 1.165) is 4.90 Å². The van der Waals surface area contributed by atoms with Gasteiger partial charge in [0.25, 0.3) is 5.91 Å². The van der Waals surface area contributed by atoms with Crippen LogP contribution in [-0.4, -0.2) is 46.4 Å². The number of pyridine rings is 1. The van der Waals surface area contributed by atoms with Gasteiger partial charge in [0.1, 0.15) is 12.1 Å². The zero-order chi connectivity index (χ0) is 16.2. The molecular weight excluding hydrogens is 302 g/mol. The van der Waals surface area contributed by atoms with E-state index in [1.54, 1.807) is 13.8 Å². The number of ether oxygens (including phenoxy) is 1. The lowest BCUT2D eigenvalue weighted by Crippen LogP contribution is -2.41. The number of hydrogen-bond acceptors (Lipinski definition) is 6. The van der Waals surface area contributed by atoms with Gasteiger partial charge in [-0.15, -0.1) is 0 Å². The molecule has 0 aliphatic heterocycles. The summed E-state index contributed by atoms with van der Waals surface area (Å²) in [6.45, 7) is 3.04. The van der Waals surface area contributed by atoms with E-state index in [-0.39, 0.29) is 23.3 Å². The molecule has 0 aliphatic rings. The average molecular weight is 316 g/mol. The molecule has 1 heterocycles. The van der Waals surface area contributed by atoms with E-state index in [1.807, 2.05) is 0 Å². The number of methoxy groups -OCH3 is 1. The number of rotatable bonds is 5. The van der Waals surface area contributed by atoms with Crippen LogP contribution in [0.4, 0.5) is 5.69 Å². The first-order valence-electron chi connectivity index (χ1n) is 5.96. The second-order valence-corrected chi connectivity index (χ2v) is 4.72. The van der Waals surface area contributed by atoms with Crippen LogP contribution in [0.1, 0.15) is 24.2 Å². The molecule has 1 aromatic heterocycles. The number of nitrogens with zero attached hydrogens (tertiary/aromatic N) is 3. The molecule has 8 nitrogen and oxygen atoms in total. The number of aromatic nitrogens is 1. The quantitative estimate of drug-likeness (QED) is 0.354. The summed E-state index contributed by atoms with van der Waals surface area (Å²) in [5.74, 6) is -1.31. The number of halogens is 1. The fraction of sp³-hybridized carbons (Fsp3) is 0.417. The molecule has 9 heteroatoms. The summed E-state index contributed by atoms with van der Waals surface area (Å²) in [6, 6.07) is 0.835. The van der Waals surface area contributed by atoms with E-state index < -0.39 is 22.5 Å². The lowest BCUT2D eigenvalue weighted by atomic mass is 10.1. The molecule has 21 heavy (non-hydrogen) atoms. The van der Waals surface area contributed by atoms with Gasteiger partial charge in [-0.3, -0.25) is 19.7 Å². The van der Waals surface area contributed by atoms with Crippen LogP contribution >= 0.6 is 11.6 Å².